The first kappa shape index (κ1) is 43.7. The van der Waals surface area contributed by atoms with Crippen LogP contribution in [0.15, 0.2) is 103 Å². The molecule has 1 fully saturated rings. The third-order valence-electron chi connectivity index (χ3n) is 10.2. The zero-order valence-corrected chi connectivity index (χ0v) is 36.1. The monoisotopic (exact) mass is 821 g/mol. The van der Waals surface area contributed by atoms with Crippen molar-refractivity contribution in [3.63, 3.8) is 0 Å². The van der Waals surface area contributed by atoms with Crippen LogP contribution in [0.5, 0.6) is 0 Å². The fraction of sp³-hybridized carbons (Fsp3) is 0.465. The minimum absolute atomic E-state index is 0.00433. The standard InChI is InChI=1S/C43H55NO9S2Si/c1-42(2,3)55(48)44-33-26-18-19-29(27-49-56(7,8)43(4,5)6)28-54-41-37(52-40(47)32-24-16-11-17-25-32)36(51-39(46)31-22-14-10-15-23-31)35(34(33)53-41)50-38(45)30-20-12-9-13-21-30/h9-25,29,33-37,41,44H,26-28H2,1-8H3/b19-18-/t29?,33-,34?,35?,36?,37?,41?,55?/m1/s1. The topological polar surface area (TPSA) is 132 Å². The van der Waals surface area contributed by atoms with Gasteiger partial charge in [-0.2, -0.15) is 0 Å². The largest absolute Gasteiger partial charge is 0.598 e. The predicted octanol–water partition coefficient (Wildman–Crippen LogP) is 8.14. The van der Waals surface area contributed by atoms with Crippen molar-refractivity contribution in [2.24, 2.45) is 5.92 Å². The van der Waals surface area contributed by atoms with Crippen LogP contribution in [0.1, 0.15) is 79.0 Å². The Bertz CT molecular complexity index is 1780. The average Bonchev–Trinajstić information content (AvgIpc) is 3.16. The van der Waals surface area contributed by atoms with Gasteiger partial charge in [0.1, 0.15) is 16.3 Å². The molecule has 0 aromatic heterocycles. The summed E-state index contributed by atoms with van der Waals surface area (Å²) in [7, 11) is -2.11. The van der Waals surface area contributed by atoms with Crippen LogP contribution in [0.4, 0.5) is 0 Å². The highest BCUT2D eigenvalue weighted by Crippen LogP contribution is 2.40. The van der Waals surface area contributed by atoms with Crippen molar-refractivity contribution in [1.29, 1.82) is 0 Å². The Labute approximate surface area is 339 Å². The molecule has 0 amide bonds. The normalized spacial score (nSPS) is 25.6. The third-order valence-corrected chi connectivity index (χ3v) is 17.7. The molecule has 2 aliphatic rings. The second-order valence-electron chi connectivity index (χ2n) is 16.6. The number of rotatable bonds is 11. The molecule has 1 N–H and O–H groups in total. The number of ether oxygens (including phenoxy) is 4. The van der Waals surface area contributed by atoms with E-state index in [1.165, 1.54) is 11.8 Å². The summed E-state index contributed by atoms with van der Waals surface area (Å²) in [6, 6.07) is 24.7. The first-order valence-electron chi connectivity index (χ1n) is 19.0. The fourth-order valence-corrected chi connectivity index (χ4v) is 9.05. The highest BCUT2D eigenvalue weighted by molar-refractivity contribution is 7.99. The number of hydrogen-bond donors (Lipinski definition) is 1. The lowest BCUT2D eigenvalue weighted by Crippen LogP contribution is -2.66. The van der Waals surface area contributed by atoms with E-state index in [0.717, 1.165) is 0 Å². The Kier molecular flexibility index (Phi) is 14.7. The van der Waals surface area contributed by atoms with Crippen molar-refractivity contribution in [2.75, 3.05) is 12.4 Å². The number of carbonyl (C=O) groups is 3. The van der Waals surface area contributed by atoms with Crippen molar-refractivity contribution in [3.05, 3.63) is 120 Å². The summed E-state index contributed by atoms with van der Waals surface area (Å²) in [6.45, 7) is 17.0. The van der Waals surface area contributed by atoms with E-state index in [-0.39, 0.29) is 27.6 Å². The molecular weight excluding hydrogens is 767 g/mol. The van der Waals surface area contributed by atoms with E-state index in [0.29, 0.717) is 18.8 Å². The van der Waals surface area contributed by atoms with Gasteiger partial charge in [0.25, 0.3) is 0 Å². The summed E-state index contributed by atoms with van der Waals surface area (Å²) < 4.78 is 48.9. The highest BCUT2D eigenvalue weighted by atomic mass is 32.2. The van der Waals surface area contributed by atoms with E-state index in [1.807, 2.05) is 26.8 Å². The number of benzene rings is 3. The van der Waals surface area contributed by atoms with E-state index in [1.54, 1.807) is 91.0 Å². The molecule has 3 aromatic rings. The number of thioether (sulfide) groups is 1. The van der Waals surface area contributed by atoms with Gasteiger partial charge in [-0.1, -0.05) is 87.5 Å². The molecule has 302 valence electrons. The first-order chi connectivity index (χ1) is 26.4. The second kappa shape index (κ2) is 18.9. The van der Waals surface area contributed by atoms with E-state index in [9.17, 15) is 18.9 Å². The number of esters is 3. The molecule has 2 heterocycles. The summed E-state index contributed by atoms with van der Waals surface area (Å²) in [6.07, 6.45) is -0.422. The van der Waals surface area contributed by atoms with E-state index >= 15 is 0 Å². The molecule has 0 spiro atoms. The average molecular weight is 822 g/mol. The summed E-state index contributed by atoms with van der Waals surface area (Å²) in [5, 5.41) is 0.00433. The first-order valence-corrected chi connectivity index (χ1v) is 24.1. The smallest absolute Gasteiger partial charge is 0.338 e. The van der Waals surface area contributed by atoms with Crippen LogP contribution in [0, 0.1) is 5.92 Å². The number of nitrogens with one attached hydrogen (secondary N) is 1. The number of hydrogen-bond acceptors (Lipinski definition) is 11. The molecular formula is C43H55NO9S2Si. The Morgan fingerprint density at radius 3 is 1.70 bits per heavy atom. The lowest BCUT2D eigenvalue weighted by atomic mass is 9.92. The van der Waals surface area contributed by atoms with E-state index < -0.39 is 78.2 Å². The van der Waals surface area contributed by atoms with Gasteiger partial charge in [-0.15, -0.1) is 16.5 Å². The van der Waals surface area contributed by atoms with E-state index in [2.05, 4.69) is 44.7 Å². The van der Waals surface area contributed by atoms with Gasteiger partial charge in [0, 0.05) is 29.6 Å². The summed E-state index contributed by atoms with van der Waals surface area (Å²) in [4.78, 5) is 41.8. The maximum absolute atomic E-state index is 14.0. The van der Waals surface area contributed by atoms with Crippen LogP contribution < -0.4 is 4.72 Å². The molecule has 8 atom stereocenters. The molecule has 2 aliphatic heterocycles. The summed E-state index contributed by atoms with van der Waals surface area (Å²) in [5.41, 5.74) is -0.0881. The Hall–Kier alpha value is -3.43. The SMILES string of the molecule is CC(C)(C)[S+]([O-])N[C@@H]1C/C=C\C(CO[Si](C)(C)C(C)(C)C)CSC2OC1C(OC(=O)c1ccccc1)C(OC(=O)c1ccccc1)C2OC(=O)c1ccccc1. The predicted molar refractivity (Wildman–Crippen MR) is 223 cm³/mol. The van der Waals surface area contributed by atoms with Crippen molar-refractivity contribution in [1.82, 2.24) is 4.72 Å². The van der Waals surface area contributed by atoms with Gasteiger partial charge in [-0.3, -0.25) is 0 Å². The molecule has 0 aliphatic carbocycles. The summed E-state index contributed by atoms with van der Waals surface area (Å²) in [5.74, 6) is -1.60. The van der Waals surface area contributed by atoms with Gasteiger partial charge < -0.3 is 27.9 Å². The molecule has 3 aromatic carbocycles. The lowest BCUT2D eigenvalue weighted by Gasteiger charge is -2.47. The van der Waals surface area contributed by atoms with Gasteiger partial charge in [0.05, 0.1) is 22.7 Å². The van der Waals surface area contributed by atoms with Crippen molar-refractivity contribution in [2.45, 2.75) is 107 Å². The van der Waals surface area contributed by atoms with Crippen LogP contribution in [0.25, 0.3) is 0 Å². The zero-order chi connectivity index (χ0) is 40.7. The van der Waals surface area contributed by atoms with Gasteiger partial charge in [0.15, 0.2) is 26.6 Å². The van der Waals surface area contributed by atoms with Gasteiger partial charge in [-0.25, -0.2) is 14.4 Å². The Morgan fingerprint density at radius 2 is 1.23 bits per heavy atom. The minimum atomic E-state index is -2.11. The quantitative estimate of drug-likeness (QED) is 0.0661. The van der Waals surface area contributed by atoms with Crippen LogP contribution in [0.2, 0.25) is 18.1 Å². The van der Waals surface area contributed by atoms with Gasteiger partial charge in [-0.05, 0) is 81.7 Å². The maximum Gasteiger partial charge on any atom is 0.338 e. The molecule has 7 unspecified atom stereocenters. The molecule has 1 saturated heterocycles. The Morgan fingerprint density at radius 1 is 0.768 bits per heavy atom. The molecule has 10 nitrogen and oxygen atoms in total. The van der Waals surface area contributed by atoms with Crippen LogP contribution in [-0.2, 0) is 34.7 Å². The maximum atomic E-state index is 14.0. The second-order valence-corrected chi connectivity index (χ2v) is 24.5. The van der Waals surface area contributed by atoms with Crippen LogP contribution in [0.3, 0.4) is 0 Å². The zero-order valence-electron chi connectivity index (χ0n) is 33.5. The third kappa shape index (κ3) is 11.4. The van der Waals surface area contributed by atoms with Crippen LogP contribution >= 0.6 is 11.8 Å². The molecule has 5 rings (SSSR count). The van der Waals surface area contributed by atoms with Crippen molar-refractivity contribution < 1.29 is 42.3 Å². The molecule has 0 saturated carbocycles. The molecule has 0 radical (unpaired) electrons. The Balaban J connectivity index is 1.62. The molecule has 56 heavy (non-hydrogen) atoms. The number of carbonyl (C=O) groups excluding carboxylic acids is 3. The van der Waals surface area contributed by atoms with Crippen molar-refractivity contribution >= 4 is 49.3 Å². The molecule has 2 bridgehead atoms. The fourth-order valence-electron chi connectivity index (χ4n) is 5.88. The summed E-state index contributed by atoms with van der Waals surface area (Å²) >= 11 is -0.177. The molecule has 13 heteroatoms. The van der Waals surface area contributed by atoms with Crippen molar-refractivity contribution in [3.8, 4) is 0 Å². The van der Waals surface area contributed by atoms with Gasteiger partial charge in [0.2, 0.25) is 0 Å². The van der Waals surface area contributed by atoms with E-state index in [4.69, 9.17) is 23.4 Å². The highest BCUT2D eigenvalue weighted by Gasteiger charge is 2.56. The minimum Gasteiger partial charge on any atom is -0.598 e. The lowest BCUT2D eigenvalue weighted by molar-refractivity contribution is -0.205. The number of fused-ring (bicyclic) bond motifs is 2. The van der Waals surface area contributed by atoms with Crippen LogP contribution in [-0.4, -0.2) is 83.8 Å². The van der Waals surface area contributed by atoms with Gasteiger partial charge >= 0.3 is 17.9 Å².